The molecule has 0 bridgehead atoms. The third kappa shape index (κ3) is 3.52. The van der Waals surface area contributed by atoms with E-state index in [-0.39, 0.29) is 5.97 Å². The van der Waals surface area contributed by atoms with Gasteiger partial charge in [0.15, 0.2) is 0 Å². The van der Waals surface area contributed by atoms with Crippen LogP contribution in [0.25, 0.3) is 0 Å². The van der Waals surface area contributed by atoms with Crippen LogP contribution in [0.2, 0.25) is 5.02 Å². The van der Waals surface area contributed by atoms with Gasteiger partial charge in [-0.15, -0.1) is 0 Å². The highest BCUT2D eigenvalue weighted by Gasteiger charge is 2.09. The lowest BCUT2D eigenvalue weighted by molar-refractivity contribution is 0.0600. The van der Waals surface area contributed by atoms with Crippen molar-refractivity contribution in [2.75, 3.05) is 7.11 Å². The topological polar surface area (TPSA) is 35.5 Å². The van der Waals surface area contributed by atoms with E-state index in [4.69, 9.17) is 16.3 Å². The maximum atomic E-state index is 11.4. The maximum absolute atomic E-state index is 11.4. The molecule has 2 aromatic carbocycles. The Morgan fingerprint density at radius 3 is 2.65 bits per heavy atom. The van der Waals surface area contributed by atoms with Gasteiger partial charge >= 0.3 is 5.97 Å². The number of methoxy groups -OCH3 is 1. The van der Waals surface area contributed by atoms with Crippen LogP contribution in [-0.2, 0) is 11.3 Å². The first-order valence-corrected chi connectivity index (χ1v) is 7.03. The van der Waals surface area contributed by atoms with E-state index in [1.165, 1.54) is 7.11 Å². The number of carbonyl (C=O) groups is 1. The van der Waals surface area contributed by atoms with Crippen molar-refractivity contribution in [3.63, 3.8) is 0 Å². The number of hydrogen-bond acceptors (Lipinski definition) is 3. The zero-order valence-corrected chi connectivity index (χ0v) is 13.1. The molecular weight excluding hydrogens is 344 g/mol. The molecule has 3 nitrogen and oxygen atoms in total. The molecule has 0 fully saturated rings. The van der Waals surface area contributed by atoms with Crippen LogP contribution in [-0.4, -0.2) is 13.1 Å². The van der Waals surface area contributed by atoms with Crippen LogP contribution in [0.1, 0.15) is 15.9 Å². The molecule has 0 N–H and O–H groups in total. The van der Waals surface area contributed by atoms with Gasteiger partial charge in [0.2, 0.25) is 0 Å². The normalized spacial score (nSPS) is 10.2. The zero-order valence-electron chi connectivity index (χ0n) is 10.7. The van der Waals surface area contributed by atoms with E-state index in [9.17, 15) is 4.79 Å². The third-order valence-electron chi connectivity index (χ3n) is 2.69. The van der Waals surface area contributed by atoms with E-state index in [1.54, 1.807) is 18.2 Å². The number of benzene rings is 2. The summed E-state index contributed by atoms with van der Waals surface area (Å²) in [4.78, 5) is 11.4. The molecule has 0 amide bonds. The van der Waals surface area contributed by atoms with Crippen LogP contribution in [0.4, 0.5) is 0 Å². The van der Waals surface area contributed by atoms with Crippen molar-refractivity contribution in [3.05, 3.63) is 63.1 Å². The van der Waals surface area contributed by atoms with Gasteiger partial charge in [-0.25, -0.2) is 4.79 Å². The molecule has 0 heterocycles. The van der Waals surface area contributed by atoms with Gasteiger partial charge in [-0.05, 0) is 40.2 Å². The Kier molecular flexibility index (Phi) is 5.04. The van der Waals surface area contributed by atoms with Gasteiger partial charge in [0.25, 0.3) is 0 Å². The highest BCUT2D eigenvalue weighted by Crippen LogP contribution is 2.28. The third-order valence-corrected chi connectivity index (χ3v) is 3.68. The number of esters is 1. The summed E-state index contributed by atoms with van der Waals surface area (Å²) in [5, 5.41) is 0.662. The van der Waals surface area contributed by atoms with Crippen LogP contribution in [0.15, 0.2) is 46.9 Å². The second-order valence-electron chi connectivity index (χ2n) is 4.02. The minimum Gasteiger partial charge on any atom is -0.488 e. The molecule has 104 valence electrons. The van der Waals surface area contributed by atoms with Gasteiger partial charge in [0.1, 0.15) is 12.4 Å². The predicted molar refractivity (Wildman–Crippen MR) is 81.3 cm³/mol. The van der Waals surface area contributed by atoms with Crippen LogP contribution in [0.3, 0.4) is 0 Å². The summed E-state index contributed by atoms with van der Waals surface area (Å²) in [6.45, 7) is 0.357. The van der Waals surface area contributed by atoms with E-state index in [0.717, 1.165) is 5.56 Å². The zero-order chi connectivity index (χ0) is 14.5. The van der Waals surface area contributed by atoms with Crippen molar-refractivity contribution >= 4 is 33.5 Å². The Balaban J connectivity index is 2.11. The van der Waals surface area contributed by atoms with Crippen LogP contribution < -0.4 is 4.74 Å². The molecule has 0 aliphatic heterocycles. The van der Waals surface area contributed by atoms with Gasteiger partial charge in [-0.2, -0.15) is 0 Å². The molecule has 0 unspecified atom stereocenters. The van der Waals surface area contributed by atoms with Gasteiger partial charge < -0.3 is 9.47 Å². The van der Waals surface area contributed by atoms with Crippen LogP contribution in [0, 0.1) is 0 Å². The lowest BCUT2D eigenvalue weighted by atomic mass is 10.2. The summed E-state index contributed by atoms with van der Waals surface area (Å²) >= 11 is 9.43. The first-order chi connectivity index (χ1) is 9.61. The van der Waals surface area contributed by atoms with E-state index in [2.05, 4.69) is 20.7 Å². The molecule has 2 aromatic rings. The molecule has 0 aliphatic carbocycles. The molecule has 0 aromatic heterocycles. The fourth-order valence-electron chi connectivity index (χ4n) is 1.63. The number of carbonyl (C=O) groups excluding carboxylic acids is 1. The van der Waals surface area contributed by atoms with Crippen molar-refractivity contribution < 1.29 is 14.3 Å². The molecular formula is C15H12BrClO3. The van der Waals surface area contributed by atoms with Crippen molar-refractivity contribution in [1.82, 2.24) is 0 Å². The summed E-state index contributed by atoms with van der Waals surface area (Å²) in [6.07, 6.45) is 0. The molecule has 0 saturated heterocycles. The second kappa shape index (κ2) is 6.77. The minimum atomic E-state index is -0.386. The molecule has 5 heteroatoms. The highest BCUT2D eigenvalue weighted by molar-refractivity contribution is 9.10. The van der Waals surface area contributed by atoms with E-state index in [0.29, 0.717) is 27.4 Å². The van der Waals surface area contributed by atoms with Crippen molar-refractivity contribution in [1.29, 1.82) is 0 Å². The van der Waals surface area contributed by atoms with Crippen LogP contribution >= 0.6 is 27.5 Å². The maximum Gasteiger partial charge on any atom is 0.337 e. The van der Waals surface area contributed by atoms with Crippen molar-refractivity contribution in [3.8, 4) is 5.75 Å². The fraction of sp³-hybridized carbons (Fsp3) is 0.133. The molecule has 0 spiro atoms. The Bertz CT molecular complexity index is 628. The highest BCUT2D eigenvalue weighted by atomic mass is 79.9. The Morgan fingerprint density at radius 1 is 1.25 bits per heavy atom. The first-order valence-electron chi connectivity index (χ1n) is 5.86. The van der Waals surface area contributed by atoms with E-state index < -0.39 is 0 Å². The molecule has 0 atom stereocenters. The molecule has 0 radical (unpaired) electrons. The predicted octanol–water partition coefficient (Wildman–Crippen LogP) is 4.47. The summed E-state index contributed by atoms with van der Waals surface area (Å²) < 4.78 is 11.0. The summed E-state index contributed by atoms with van der Waals surface area (Å²) in [5.41, 5.74) is 1.36. The Labute approximate surface area is 130 Å². The first kappa shape index (κ1) is 14.9. The lowest BCUT2D eigenvalue weighted by Crippen LogP contribution is -2.02. The largest absolute Gasteiger partial charge is 0.488 e. The van der Waals surface area contributed by atoms with E-state index in [1.807, 2.05) is 24.3 Å². The van der Waals surface area contributed by atoms with Gasteiger partial charge in [-0.3, -0.25) is 0 Å². The molecule has 0 aliphatic rings. The van der Waals surface area contributed by atoms with Gasteiger partial charge in [-0.1, -0.05) is 29.8 Å². The molecule has 0 saturated carbocycles. The van der Waals surface area contributed by atoms with E-state index >= 15 is 0 Å². The fourth-order valence-corrected chi connectivity index (χ4v) is 2.32. The number of ether oxygens (including phenoxy) is 2. The number of halogens is 2. The van der Waals surface area contributed by atoms with Gasteiger partial charge in [0, 0.05) is 10.6 Å². The SMILES string of the molecule is COC(=O)c1ccc(OCc2ccccc2Cl)c(Br)c1. The Hall–Kier alpha value is -1.52. The van der Waals surface area contributed by atoms with Crippen molar-refractivity contribution in [2.24, 2.45) is 0 Å². The summed E-state index contributed by atoms with van der Waals surface area (Å²) in [7, 11) is 1.35. The minimum absolute atomic E-state index is 0.357. The Morgan fingerprint density at radius 2 is 2.00 bits per heavy atom. The monoisotopic (exact) mass is 354 g/mol. The lowest BCUT2D eigenvalue weighted by Gasteiger charge is -2.10. The molecule has 20 heavy (non-hydrogen) atoms. The number of rotatable bonds is 4. The second-order valence-corrected chi connectivity index (χ2v) is 5.28. The van der Waals surface area contributed by atoms with Crippen LogP contribution in [0.5, 0.6) is 5.75 Å². The smallest absolute Gasteiger partial charge is 0.337 e. The molecule has 2 rings (SSSR count). The quantitative estimate of drug-likeness (QED) is 0.759. The van der Waals surface area contributed by atoms with Crippen molar-refractivity contribution in [2.45, 2.75) is 6.61 Å². The average molecular weight is 356 g/mol. The summed E-state index contributed by atoms with van der Waals surface area (Å²) in [5.74, 6) is 0.251. The van der Waals surface area contributed by atoms with Gasteiger partial charge in [0.05, 0.1) is 17.1 Å². The number of hydrogen-bond donors (Lipinski definition) is 0. The average Bonchev–Trinajstić information content (AvgIpc) is 2.46. The standard InChI is InChI=1S/C15H12BrClO3/c1-19-15(18)10-6-7-14(12(16)8-10)20-9-11-4-2-3-5-13(11)17/h2-8H,9H2,1H3. The summed E-state index contributed by atoms with van der Waals surface area (Å²) in [6, 6.07) is 12.5.